The van der Waals surface area contributed by atoms with Crippen LogP contribution in [0.3, 0.4) is 0 Å². The quantitative estimate of drug-likeness (QED) is 0.829. The molecular formula is C14H18ClN. The van der Waals surface area contributed by atoms with Crippen molar-refractivity contribution in [2.75, 3.05) is 0 Å². The predicted molar refractivity (Wildman–Crippen MR) is 67.8 cm³/mol. The summed E-state index contributed by atoms with van der Waals surface area (Å²) in [4.78, 5) is 0. The minimum absolute atomic E-state index is 0.773. The van der Waals surface area contributed by atoms with Crippen molar-refractivity contribution in [3.63, 3.8) is 0 Å². The Morgan fingerprint density at radius 2 is 1.81 bits per heavy atom. The Labute approximate surface area is 102 Å². The summed E-state index contributed by atoms with van der Waals surface area (Å²) in [5.41, 5.74) is 1.43. The Hall–Kier alpha value is -0.530. The van der Waals surface area contributed by atoms with Gasteiger partial charge in [0.1, 0.15) is 0 Å². The molecule has 0 amide bonds. The van der Waals surface area contributed by atoms with E-state index < -0.39 is 0 Å². The van der Waals surface area contributed by atoms with Crippen molar-refractivity contribution < 1.29 is 0 Å². The van der Waals surface area contributed by atoms with E-state index >= 15 is 0 Å². The van der Waals surface area contributed by atoms with Gasteiger partial charge in [0.15, 0.2) is 0 Å². The molecule has 0 aromatic heterocycles. The molecule has 3 rings (SSSR count). The lowest BCUT2D eigenvalue weighted by Crippen LogP contribution is -2.41. The smallest absolute Gasteiger partial charge is 0.0406 e. The van der Waals surface area contributed by atoms with Crippen LogP contribution in [0, 0.1) is 5.92 Å². The van der Waals surface area contributed by atoms with Gasteiger partial charge in [0, 0.05) is 17.1 Å². The van der Waals surface area contributed by atoms with Gasteiger partial charge in [-0.05, 0) is 55.7 Å². The summed E-state index contributed by atoms with van der Waals surface area (Å²) < 4.78 is 0. The van der Waals surface area contributed by atoms with E-state index in [0.29, 0.717) is 0 Å². The second-order valence-corrected chi connectivity index (χ2v) is 5.65. The molecule has 2 aliphatic rings. The van der Waals surface area contributed by atoms with Crippen molar-refractivity contribution in [2.24, 2.45) is 5.92 Å². The molecule has 1 aromatic rings. The fourth-order valence-electron chi connectivity index (χ4n) is 3.23. The molecule has 0 saturated carbocycles. The van der Waals surface area contributed by atoms with Crippen LogP contribution in [0.25, 0.3) is 0 Å². The topological polar surface area (TPSA) is 12.0 Å². The first kappa shape index (κ1) is 10.6. The van der Waals surface area contributed by atoms with Crippen LogP contribution in [-0.2, 0) is 6.42 Å². The summed E-state index contributed by atoms with van der Waals surface area (Å²) in [6.07, 6.45) is 6.74. The zero-order valence-electron chi connectivity index (χ0n) is 9.45. The van der Waals surface area contributed by atoms with Gasteiger partial charge in [-0.1, -0.05) is 23.7 Å². The van der Waals surface area contributed by atoms with Gasteiger partial charge in [-0.3, -0.25) is 0 Å². The number of hydrogen-bond donors (Lipinski definition) is 1. The number of halogens is 1. The largest absolute Gasteiger partial charge is 0.311 e. The predicted octanol–water partition coefficient (Wildman–Crippen LogP) is 3.41. The molecule has 3 unspecified atom stereocenters. The van der Waals surface area contributed by atoms with Crippen molar-refractivity contribution in [3.8, 4) is 0 Å². The number of hydrogen-bond acceptors (Lipinski definition) is 1. The molecular weight excluding hydrogens is 218 g/mol. The fraction of sp³-hybridized carbons (Fsp3) is 0.571. The second-order valence-electron chi connectivity index (χ2n) is 5.22. The first-order valence-electron chi connectivity index (χ1n) is 6.32. The van der Waals surface area contributed by atoms with Crippen LogP contribution in [0.4, 0.5) is 0 Å². The first-order chi connectivity index (χ1) is 7.81. The standard InChI is InChI=1S/C14H18ClN/c15-12-4-1-10(2-5-12)9-11-3-6-13-7-8-14(11)16-13/h1-2,4-5,11,13-14,16H,3,6-9H2. The number of fused-ring (bicyclic) bond motifs is 2. The van der Waals surface area contributed by atoms with Gasteiger partial charge < -0.3 is 5.32 Å². The SMILES string of the molecule is Clc1ccc(CC2CCC3CCC2N3)cc1. The van der Waals surface area contributed by atoms with E-state index in [2.05, 4.69) is 17.4 Å². The summed E-state index contributed by atoms with van der Waals surface area (Å²) in [5.74, 6) is 0.833. The Bertz CT molecular complexity index is 360. The summed E-state index contributed by atoms with van der Waals surface area (Å²) in [6.45, 7) is 0. The van der Waals surface area contributed by atoms with Crippen molar-refractivity contribution in [1.82, 2.24) is 5.32 Å². The minimum Gasteiger partial charge on any atom is -0.311 e. The lowest BCUT2D eigenvalue weighted by atomic mass is 9.86. The van der Waals surface area contributed by atoms with E-state index in [1.165, 1.54) is 37.7 Å². The van der Waals surface area contributed by atoms with Crippen LogP contribution >= 0.6 is 11.6 Å². The normalized spacial score (nSPS) is 32.9. The van der Waals surface area contributed by atoms with Gasteiger partial charge in [-0.15, -0.1) is 0 Å². The molecule has 2 bridgehead atoms. The molecule has 3 atom stereocenters. The number of nitrogens with one attached hydrogen (secondary N) is 1. The van der Waals surface area contributed by atoms with E-state index in [-0.39, 0.29) is 0 Å². The van der Waals surface area contributed by atoms with E-state index in [1.54, 1.807) is 0 Å². The molecule has 2 fully saturated rings. The molecule has 0 spiro atoms. The maximum absolute atomic E-state index is 5.90. The Balaban J connectivity index is 1.68. The summed E-state index contributed by atoms with van der Waals surface area (Å²) in [7, 11) is 0. The van der Waals surface area contributed by atoms with Crippen LogP contribution < -0.4 is 5.32 Å². The molecule has 0 aliphatic carbocycles. The van der Waals surface area contributed by atoms with Gasteiger partial charge in [0.25, 0.3) is 0 Å². The lowest BCUT2D eigenvalue weighted by molar-refractivity contribution is 0.289. The highest BCUT2D eigenvalue weighted by atomic mass is 35.5. The van der Waals surface area contributed by atoms with Crippen molar-refractivity contribution in [3.05, 3.63) is 34.9 Å². The molecule has 86 valence electrons. The van der Waals surface area contributed by atoms with E-state index in [9.17, 15) is 0 Å². The molecule has 1 nitrogen and oxygen atoms in total. The molecule has 0 radical (unpaired) electrons. The van der Waals surface area contributed by atoms with E-state index in [4.69, 9.17) is 11.6 Å². The van der Waals surface area contributed by atoms with Gasteiger partial charge >= 0.3 is 0 Å². The third kappa shape index (κ3) is 2.11. The van der Waals surface area contributed by atoms with Gasteiger partial charge in [0.2, 0.25) is 0 Å². The zero-order chi connectivity index (χ0) is 11.0. The molecule has 2 aliphatic heterocycles. The van der Waals surface area contributed by atoms with Crippen molar-refractivity contribution in [1.29, 1.82) is 0 Å². The van der Waals surface area contributed by atoms with E-state index in [1.807, 2.05) is 12.1 Å². The monoisotopic (exact) mass is 235 g/mol. The molecule has 2 heterocycles. The van der Waals surface area contributed by atoms with Gasteiger partial charge in [-0.25, -0.2) is 0 Å². The molecule has 2 heteroatoms. The molecule has 2 saturated heterocycles. The highest BCUT2D eigenvalue weighted by molar-refractivity contribution is 6.30. The van der Waals surface area contributed by atoms with Crippen molar-refractivity contribution >= 4 is 11.6 Å². The third-order valence-electron chi connectivity index (χ3n) is 4.14. The number of rotatable bonds is 2. The maximum Gasteiger partial charge on any atom is 0.0406 e. The third-order valence-corrected chi connectivity index (χ3v) is 4.39. The number of piperidine rings is 1. The second kappa shape index (κ2) is 4.38. The van der Waals surface area contributed by atoms with Gasteiger partial charge in [-0.2, -0.15) is 0 Å². The highest BCUT2D eigenvalue weighted by Gasteiger charge is 2.34. The average Bonchev–Trinajstić information content (AvgIpc) is 2.69. The van der Waals surface area contributed by atoms with Crippen LogP contribution in [0.5, 0.6) is 0 Å². The lowest BCUT2D eigenvalue weighted by Gasteiger charge is -2.30. The Morgan fingerprint density at radius 1 is 1.06 bits per heavy atom. The average molecular weight is 236 g/mol. The fourth-order valence-corrected chi connectivity index (χ4v) is 3.36. The van der Waals surface area contributed by atoms with Crippen LogP contribution in [0.2, 0.25) is 5.02 Å². The van der Waals surface area contributed by atoms with Crippen LogP contribution in [0.15, 0.2) is 24.3 Å². The molecule has 1 N–H and O–H groups in total. The summed E-state index contributed by atoms with van der Waals surface area (Å²) in [5, 5.41) is 4.59. The molecule has 1 aromatic carbocycles. The minimum atomic E-state index is 0.773. The number of benzene rings is 1. The maximum atomic E-state index is 5.90. The van der Waals surface area contributed by atoms with E-state index in [0.717, 1.165) is 23.0 Å². The summed E-state index contributed by atoms with van der Waals surface area (Å²) >= 11 is 5.90. The van der Waals surface area contributed by atoms with Gasteiger partial charge in [0.05, 0.1) is 0 Å². The molecule has 16 heavy (non-hydrogen) atoms. The Kier molecular flexibility index (Phi) is 2.91. The van der Waals surface area contributed by atoms with Crippen molar-refractivity contribution in [2.45, 2.75) is 44.2 Å². The highest BCUT2D eigenvalue weighted by Crippen LogP contribution is 2.33. The Morgan fingerprint density at radius 3 is 2.62 bits per heavy atom. The van der Waals surface area contributed by atoms with Crippen LogP contribution in [-0.4, -0.2) is 12.1 Å². The first-order valence-corrected chi connectivity index (χ1v) is 6.69. The van der Waals surface area contributed by atoms with Crippen LogP contribution in [0.1, 0.15) is 31.2 Å². The zero-order valence-corrected chi connectivity index (χ0v) is 10.2. The summed E-state index contributed by atoms with van der Waals surface area (Å²) in [6, 6.07) is 9.95.